The maximum Gasteiger partial charge on any atom is 0.339 e. The van der Waals surface area contributed by atoms with Crippen LogP contribution in [0.15, 0.2) is 34.1 Å². The van der Waals surface area contributed by atoms with Crippen molar-refractivity contribution < 1.29 is 25.6 Å². The van der Waals surface area contributed by atoms with Crippen molar-refractivity contribution >= 4 is 65.4 Å². The van der Waals surface area contributed by atoms with Crippen LogP contribution in [0.25, 0.3) is 0 Å². The van der Waals surface area contributed by atoms with E-state index in [1.165, 1.54) is 12.1 Å². The number of hydrogen-bond donors (Lipinski definition) is 1. The van der Waals surface area contributed by atoms with Gasteiger partial charge in [-0.15, -0.1) is 0 Å². The predicted octanol–water partition coefficient (Wildman–Crippen LogP) is 4.60. The van der Waals surface area contributed by atoms with Crippen molar-refractivity contribution in [1.82, 2.24) is 0 Å². The van der Waals surface area contributed by atoms with Gasteiger partial charge >= 0.3 is 10.1 Å². The Labute approximate surface area is 193 Å². The Bertz CT molecular complexity index is 1060. The van der Waals surface area contributed by atoms with Crippen molar-refractivity contribution in [3.63, 3.8) is 0 Å². The molecular weight excluding hydrogens is 630 g/mol. The number of benzene rings is 2. The highest BCUT2D eigenvalue weighted by Gasteiger charge is 2.26. The summed E-state index contributed by atoms with van der Waals surface area (Å²) in [5.74, 6) is -0.00938. The van der Waals surface area contributed by atoms with E-state index >= 15 is 0 Å². The summed E-state index contributed by atoms with van der Waals surface area (Å²) in [6.07, 6.45) is 1.87. The molecule has 0 spiro atoms. The van der Waals surface area contributed by atoms with Crippen molar-refractivity contribution in [1.29, 1.82) is 0 Å². The van der Waals surface area contributed by atoms with Gasteiger partial charge in [-0.05, 0) is 93.3 Å². The molecule has 0 aliphatic heterocycles. The van der Waals surface area contributed by atoms with Gasteiger partial charge in [0, 0.05) is 7.14 Å². The van der Waals surface area contributed by atoms with E-state index in [1.54, 1.807) is 45.2 Å². The zero-order valence-electron chi connectivity index (χ0n) is 15.5. The summed E-state index contributed by atoms with van der Waals surface area (Å²) >= 11 is 3.44. The van der Waals surface area contributed by atoms with Gasteiger partial charge in [0.1, 0.15) is 15.5 Å². The molecule has 6 nitrogen and oxygen atoms in total. The Morgan fingerprint density at radius 2 is 1.29 bits per heavy atom. The molecule has 0 heterocycles. The fourth-order valence-corrected chi connectivity index (χ4v) is 8.35. The monoisotopic (exact) mass is 650 g/mol. The first-order valence-corrected chi connectivity index (χ1v) is 13.5. The van der Waals surface area contributed by atoms with Crippen molar-refractivity contribution in [3.05, 3.63) is 48.1 Å². The lowest BCUT2D eigenvalue weighted by Crippen LogP contribution is -2.16. The van der Waals surface area contributed by atoms with Gasteiger partial charge in [-0.25, -0.2) is 0 Å². The molecule has 0 amide bonds. The lowest BCUT2D eigenvalue weighted by molar-refractivity contribution is 0.480. The van der Waals surface area contributed by atoms with Crippen LogP contribution in [-0.4, -0.2) is 21.4 Å². The zero-order chi connectivity index (χ0) is 21.3. The van der Waals surface area contributed by atoms with Crippen LogP contribution in [0.5, 0.6) is 5.75 Å². The largest absolute Gasteiger partial charge is 0.379 e. The summed E-state index contributed by atoms with van der Waals surface area (Å²) in [4.78, 5) is -0.104. The highest BCUT2D eigenvalue weighted by atomic mass is 127. The molecule has 0 aliphatic carbocycles. The van der Waals surface area contributed by atoms with Crippen LogP contribution in [0.1, 0.15) is 37.5 Å². The van der Waals surface area contributed by atoms with E-state index < -0.39 is 20.2 Å². The zero-order valence-corrected chi connectivity index (χ0v) is 21.4. The molecule has 0 saturated carbocycles. The van der Waals surface area contributed by atoms with Crippen LogP contribution >= 0.6 is 45.2 Å². The molecule has 0 atom stereocenters. The van der Waals surface area contributed by atoms with Gasteiger partial charge in [0.25, 0.3) is 10.1 Å². The summed E-state index contributed by atoms with van der Waals surface area (Å²) in [6, 6.07) is 6.32. The average molecular weight is 650 g/mol. The van der Waals surface area contributed by atoms with E-state index in [1.807, 2.05) is 32.9 Å². The minimum Gasteiger partial charge on any atom is -0.379 e. The Kier molecular flexibility index (Phi) is 7.78. The number of hydrogen-bond acceptors (Lipinski definition) is 5. The molecule has 0 fully saturated rings. The highest BCUT2D eigenvalue weighted by molar-refractivity contribution is 14.1. The first-order valence-electron chi connectivity index (χ1n) is 8.50. The summed E-state index contributed by atoms with van der Waals surface area (Å²) in [5.41, 5.74) is 2.44. The third-order valence-corrected chi connectivity index (χ3v) is 8.98. The van der Waals surface area contributed by atoms with Crippen LogP contribution in [0.2, 0.25) is 0 Å². The molecule has 0 radical (unpaired) electrons. The fourth-order valence-electron chi connectivity index (χ4n) is 2.88. The van der Waals surface area contributed by atoms with Crippen LogP contribution in [0.4, 0.5) is 0 Å². The minimum atomic E-state index is -4.43. The molecule has 0 saturated heterocycles. The molecule has 0 aliphatic rings. The molecule has 2 aromatic rings. The van der Waals surface area contributed by atoms with Crippen molar-refractivity contribution in [2.75, 3.05) is 0 Å². The lowest BCUT2D eigenvalue weighted by atomic mass is 10.0. The average Bonchev–Trinajstić information content (AvgIpc) is 2.57. The van der Waals surface area contributed by atoms with Gasteiger partial charge in [0.05, 0.1) is 0 Å². The normalized spacial score (nSPS) is 12.2. The number of aryl methyl sites for hydroxylation is 3. The molecule has 0 aromatic heterocycles. The quantitative estimate of drug-likeness (QED) is 0.268. The lowest BCUT2D eigenvalue weighted by Gasteiger charge is -2.17. The van der Waals surface area contributed by atoms with Crippen LogP contribution < -0.4 is 4.18 Å². The van der Waals surface area contributed by atoms with Gasteiger partial charge < -0.3 is 4.18 Å². The molecule has 28 heavy (non-hydrogen) atoms. The molecule has 1 N–H and O–H groups in total. The van der Waals surface area contributed by atoms with E-state index in [2.05, 4.69) is 0 Å². The third kappa shape index (κ3) is 5.18. The summed E-state index contributed by atoms with van der Waals surface area (Å²) in [6.45, 7) is 5.79. The van der Waals surface area contributed by atoms with E-state index in [-0.39, 0.29) is 22.7 Å². The van der Waals surface area contributed by atoms with E-state index in [0.717, 1.165) is 12.0 Å². The topological polar surface area (TPSA) is 97.7 Å². The second-order valence-corrected chi connectivity index (χ2v) is 11.2. The van der Waals surface area contributed by atoms with Gasteiger partial charge in [0.2, 0.25) is 0 Å². The van der Waals surface area contributed by atoms with E-state index in [4.69, 9.17) is 4.18 Å². The van der Waals surface area contributed by atoms with Crippen molar-refractivity contribution in [3.8, 4) is 5.75 Å². The Hall–Kier alpha value is -0.440. The molecule has 154 valence electrons. The van der Waals surface area contributed by atoms with Gasteiger partial charge in [0.15, 0.2) is 0 Å². The second-order valence-electron chi connectivity index (χ2n) is 6.03. The molecule has 0 unspecified atom stereocenters. The summed E-state index contributed by atoms with van der Waals surface area (Å²) < 4.78 is 64.2. The van der Waals surface area contributed by atoms with E-state index in [0.29, 0.717) is 24.0 Å². The standard InChI is InChI=1S/C18H20I2O6S2/c1-4-11-7-12(5-2)17(13(6-3)8-11)28(24,25)26-14-9-15(19)18(16(20)10-14)27(21,22)23/h7-10H,4-6H2,1-3H3,(H,21,22,23). The molecule has 10 heteroatoms. The molecular formula is C18H20I2O6S2. The molecule has 2 aromatic carbocycles. The van der Waals surface area contributed by atoms with Crippen LogP contribution in [0, 0.1) is 7.14 Å². The molecule has 2 rings (SSSR count). The predicted molar refractivity (Wildman–Crippen MR) is 124 cm³/mol. The molecule has 0 bridgehead atoms. The first-order chi connectivity index (χ1) is 12.9. The van der Waals surface area contributed by atoms with Crippen LogP contribution in [0.3, 0.4) is 0 Å². The van der Waals surface area contributed by atoms with Crippen LogP contribution in [-0.2, 0) is 39.5 Å². The fraction of sp³-hybridized carbons (Fsp3) is 0.333. The third-order valence-electron chi connectivity index (χ3n) is 4.16. The van der Waals surface area contributed by atoms with Crippen molar-refractivity contribution in [2.24, 2.45) is 0 Å². The Morgan fingerprint density at radius 3 is 1.64 bits per heavy atom. The van der Waals surface area contributed by atoms with Crippen molar-refractivity contribution in [2.45, 2.75) is 49.8 Å². The van der Waals surface area contributed by atoms with Gasteiger partial charge in [-0.2, -0.15) is 16.8 Å². The maximum atomic E-state index is 13.1. The number of halogens is 2. The van der Waals surface area contributed by atoms with Gasteiger partial charge in [-0.3, -0.25) is 4.55 Å². The number of rotatable bonds is 7. The first kappa shape index (κ1) is 23.8. The SMILES string of the molecule is CCc1cc(CC)c(S(=O)(=O)Oc2cc(I)c(S(=O)(=O)O)c(I)c2)c(CC)c1. The Morgan fingerprint density at radius 1 is 0.821 bits per heavy atom. The van der Waals surface area contributed by atoms with E-state index in [9.17, 15) is 21.4 Å². The summed E-state index contributed by atoms with van der Waals surface area (Å²) in [7, 11) is -8.55. The summed E-state index contributed by atoms with van der Waals surface area (Å²) in [5, 5.41) is 0. The maximum absolute atomic E-state index is 13.1. The highest BCUT2D eigenvalue weighted by Crippen LogP contribution is 2.32. The Balaban J connectivity index is 2.59. The minimum absolute atomic E-state index is 0.00938. The van der Waals surface area contributed by atoms with Gasteiger partial charge in [-0.1, -0.05) is 32.9 Å². The second kappa shape index (κ2) is 9.14. The smallest absolute Gasteiger partial charge is 0.339 e.